The number of hydrogen-bond acceptors (Lipinski definition) is 3. The van der Waals surface area contributed by atoms with Crippen molar-refractivity contribution in [2.75, 3.05) is 0 Å². The Bertz CT molecular complexity index is 276. The third-order valence-electron chi connectivity index (χ3n) is 1.85. The fraction of sp³-hybridized carbons (Fsp3) is 0.250. The van der Waals surface area contributed by atoms with Gasteiger partial charge in [0, 0.05) is 6.54 Å². The Morgan fingerprint density at radius 3 is 2.50 bits per heavy atom. The molecule has 0 bridgehead atoms. The molecule has 1 rings (SSSR count). The summed E-state index contributed by atoms with van der Waals surface area (Å²) in [5, 5.41) is 17.8. The van der Waals surface area contributed by atoms with Crippen LogP contribution in [-0.2, 0) is 6.54 Å². The lowest BCUT2D eigenvalue weighted by atomic mass is 9.77. The van der Waals surface area contributed by atoms with Crippen LogP contribution in [0.3, 0.4) is 0 Å². The zero-order chi connectivity index (χ0) is 9.14. The van der Waals surface area contributed by atoms with Crippen molar-refractivity contribution in [3.63, 3.8) is 0 Å². The third-order valence-corrected chi connectivity index (χ3v) is 1.85. The zero-order valence-electron chi connectivity index (χ0n) is 6.99. The summed E-state index contributed by atoms with van der Waals surface area (Å²) in [5.74, 6) is 0. The summed E-state index contributed by atoms with van der Waals surface area (Å²) >= 11 is 0. The van der Waals surface area contributed by atoms with Crippen LogP contribution < -0.4 is 11.2 Å². The second-order valence-electron chi connectivity index (χ2n) is 2.77. The molecule has 1 aromatic rings. The maximum atomic E-state index is 8.89. The van der Waals surface area contributed by atoms with Crippen molar-refractivity contribution in [3.05, 3.63) is 29.3 Å². The van der Waals surface area contributed by atoms with Crippen LogP contribution in [0, 0.1) is 6.92 Å². The van der Waals surface area contributed by atoms with Gasteiger partial charge < -0.3 is 15.8 Å². The molecule has 0 atom stereocenters. The predicted molar refractivity (Wildman–Crippen MR) is 48.9 cm³/mol. The van der Waals surface area contributed by atoms with Crippen LogP contribution in [-0.4, -0.2) is 17.2 Å². The average Bonchev–Trinajstić information content (AvgIpc) is 2.03. The van der Waals surface area contributed by atoms with E-state index >= 15 is 0 Å². The van der Waals surface area contributed by atoms with E-state index in [1.54, 1.807) is 12.1 Å². The Hall–Kier alpha value is -0.835. The number of rotatable bonds is 2. The van der Waals surface area contributed by atoms with Crippen LogP contribution in [0.1, 0.15) is 11.1 Å². The summed E-state index contributed by atoms with van der Waals surface area (Å²) in [6, 6.07) is 5.33. The van der Waals surface area contributed by atoms with Crippen molar-refractivity contribution in [1.29, 1.82) is 0 Å². The van der Waals surface area contributed by atoms with E-state index in [4.69, 9.17) is 15.8 Å². The summed E-state index contributed by atoms with van der Waals surface area (Å²) in [5.41, 5.74) is 7.81. The molecule has 0 amide bonds. The van der Waals surface area contributed by atoms with Gasteiger partial charge in [0.15, 0.2) is 0 Å². The summed E-state index contributed by atoms with van der Waals surface area (Å²) in [7, 11) is -1.39. The lowest BCUT2D eigenvalue weighted by Gasteiger charge is -2.05. The van der Waals surface area contributed by atoms with Crippen molar-refractivity contribution in [1.82, 2.24) is 0 Å². The quantitative estimate of drug-likeness (QED) is 0.499. The number of hydrogen-bond donors (Lipinski definition) is 3. The molecule has 0 fully saturated rings. The van der Waals surface area contributed by atoms with Gasteiger partial charge in [-0.05, 0) is 17.9 Å². The van der Waals surface area contributed by atoms with E-state index in [0.29, 0.717) is 12.0 Å². The largest absolute Gasteiger partial charge is 0.488 e. The first-order valence-corrected chi connectivity index (χ1v) is 3.80. The molecule has 0 spiro atoms. The summed E-state index contributed by atoms with van der Waals surface area (Å²) in [6.07, 6.45) is 0. The Balaban J connectivity index is 3.03. The van der Waals surface area contributed by atoms with Crippen LogP contribution in [0.4, 0.5) is 0 Å². The van der Waals surface area contributed by atoms with Gasteiger partial charge >= 0.3 is 7.12 Å². The third kappa shape index (κ3) is 1.85. The maximum absolute atomic E-state index is 8.89. The van der Waals surface area contributed by atoms with Gasteiger partial charge in [-0.3, -0.25) is 0 Å². The summed E-state index contributed by atoms with van der Waals surface area (Å²) < 4.78 is 0. The van der Waals surface area contributed by atoms with Crippen LogP contribution in [0.5, 0.6) is 0 Å². The van der Waals surface area contributed by atoms with Crippen molar-refractivity contribution in [3.8, 4) is 0 Å². The van der Waals surface area contributed by atoms with Gasteiger partial charge in [-0.1, -0.05) is 23.8 Å². The first kappa shape index (κ1) is 9.25. The minimum absolute atomic E-state index is 0.475. The molecule has 0 saturated heterocycles. The molecule has 0 aliphatic rings. The number of aryl methyl sites for hydroxylation is 1. The molecule has 12 heavy (non-hydrogen) atoms. The molecular weight excluding hydrogens is 153 g/mol. The fourth-order valence-corrected chi connectivity index (χ4v) is 1.15. The van der Waals surface area contributed by atoms with Gasteiger partial charge in [0.2, 0.25) is 0 Å². The minimum Gasteiger partial charge on any atom is -0.423 e. The summed E-state index contributed by atoms with van der Waals surface area (Å²) in [4.78, 5) is 0. The second kappa shape index (κ2) is 3.71. The van der Waals surface area contributed by atoms with Gasteiger partial charge in [-0.15, -0.1) is 0 Å². The molecule has 0 aromatic heterocycles. The number of benzene rings is 1. The van der Waals surface area contributed by atoms with E-state index in [-0.39, 0.29) is 0 Å². The molecule has 0 saturated carbocycles. The molecule has 0 aliphatic carbocycles. The van der Waals surface area contributed by atoms with Crippen LogP contribution in [0.15, 0.2) is 18.2 Å². The van der Waals surface area contributed by atoms with Gasteiger partial charge in [-0.25, -0.2) is 0 Å². The van der Waals surface area contributed by atoms with Crippen molar-refractivity contribution >= 4 is 12.6 Å². The first-order valence-electron chi connectivity index (χ1n) is 3.80. The molecule has 3 nitrogen and oxygen atoms in total. The highest BCUT2D eigenvalue weighted by atomic mass is 16.4. The van der Waals surface area contributed by atoms with Gasteiger partial charge in [0.1, 0.15) is 0 Å². The lowest BCUT2D eigenvalue weighted by Crippen LogP contribution is -2.32. The van der Waals surface area contributed by atoms with Gasteiger partial charge in [0.25, 0.3) is 0 Å². The molecule has 0 heterocycles. The first-order chi connectivity index (χ1) is 5.65. The monoisotopic (exact) mass is 165 g/mol. The van der Waals surface area contributed by atoms with E-state index in [2.05, 4.69) is 0 Å². The molecule has 0 unspecified atom stereocenters. The van der Waals surface area contributed by atoms with E-state index in [0.717, 1.165) is 11.1 Å². The molecule has 64 valence electrons. The Kier molecular flexibility index (Phi) is 2.86. The fourth-order valence-electron chi connectivity index (χ4n) is 1.15. The van der Waals surface area contributed by atoms with Gasteiger partial charge in [0.05, 0.1) is 0 Å². The lowest BCUT2D eigenvalue weighted by molar-refractivity contribution is 0.425. The minimum atomic E-state index is -1.39. The highest BCUT2D eigenvalue weighted by Crippen LogP contribution is 2.01. The Morgan fingerprint density at radius 1 is 1.42 bits per heavy atom. The van der Waals surface area contributed by atoms with E-state index in [9.17, 15) is 0 Å². The van der Waals surface area contributed by atoms with Crippen LogP contribution in [0.25, 0.3) is 0 Å². The normalized spacial score (nSPS) is 10.0. The van der Waals surface area contributed by atoms with Crippen LogP contribution >= 0.6 is 0 Å². The molecular formula is C8H12BNO2. The molecule has 1 aromatic carbocycles. The van der Waals surface area contributed by atoms with Gasteiger partial charge in [-0.2, -0.15) is 0 Å². The van der Waals surface area contributed by atoms with Crippen molar-refractivity contribution < 1.29 is 10.0 Å². The van der Waals surface area contributed by atoms with E-state index < -0.39 is 7.12 Å². The maximum Gasteiger partial charge on any atom is 0.488 e. The summed E-state index contributed by atoms with van der Waals surface area (Å²) in [6.45, 7) is 2.30. The predicted octanol–water partition coefficient (Wildman–Crippen LogP) is -0.866. The molecule has 4 heteroatoms. The van der Waals surface area contributed by atoms with Crippen molar-refractivity contribution in [2.45, 2.75) is 13.5 Å². The Morgan fingerprint density at radius 2 is 2.08 bits per heavy atom. The highest BCUT2D eigenvalue weighted by molar-refractivity contribution is 6.59. The molecule has 4 N–H and O–H groups in total. The topological polar surface area (TPSA) is 66.5 Å². The van der Waals surface area contributed by atoms with E-state index in [1.807, 2.05) is 13.0 Å². The Labute approximate surface area is 72.0 Å². The van der Waals surface area contributed by atoms with Crippen molar-refractivity contribution in [2.24, 2.45) is 5.73 Å². The standard InChI is InChI=1S/C8H12BNO2/c1-6-4-7(5-10)2-3-8(6)9(11)12/h2-4,11-12H,5,10H2,1H3. The number of nitrogens with two attached hydrogens (primary N) is 1. The highest BCUT2D eigenvalue weighted by Gasteiger charge is 2.12. The van der Waals surface area contributed by atoms with E-state index in [1.165, 1.54) is 0 Å². The van der Waals surface area contributed by atoms with Crippen LogP contribution in [0.2, 0.25) is 0 Å². The molecule has 0 radical (unpaired) electrons. The molecule has 0 aliphatic heterocycles. The second-order valence-corrected chi connectivity index (χ2v) is 2.77. The SMILES string of the molecule is Cc1cc(CN)ccc1B(O)O. The smallest absolute Gasteiger partial charge is 0.423 e. The average molecular weight is 165 g/mol. The zero-order valence-corrected chi connectivity index (χ0v) is 6.99.